The molecule has 13 heteroatoms. The predicted octanol–water partition coefficient (Wildman–Crippen LogP) is 2.95. The minimum Gasteiger partial charge on any atom is -0.475 e. The van der Waals surface area contributed by atoms with E-state index in [9.17, 15) is 18.0 Å². The van der Waals surface area contributed by atoms with Gasteiger partial charge in [-0.1, -0.05) is 23.7 Å². The van der Waals surface area contributed by atoms with Crippen molar-refractivity contribution in [3.8, 4) is 0 Å². The lowest BCUT2D eigenvalue weighted by Gasteiger charge is -2.46. The van der Waals surface area contributed by atoms with Crippen molar-refractivity contribution in [1.29, 1.82) is 0 Å². The van der Waals surface area contributed by atoms with Gasteiger partial charge in [0.15, 0.2) is 0 Å². The first kappa shape index (κ1) is 26.0. The number of carboxylic acid groups (broad SMARTS) is 1. The van der Waals surface area contributed by atoms with E-state index in [2.05, 4.69) is 43.5 Å². The molecule has 34 heavy (non-hydrogen) atoms. The zero-order valence-corrected chi connectivity index (χ0v) is 19.2. The molecule has 188 valence electrons. The Kier molecular flexibility index (Phi) is 8.61. The highest BCUT2D eigenvalue weighted by atomic mass is 35.5. The normalized spacial score (nSPS) is 22.2. The third kappa shape index (κ3) is 7.21. The number of carboxylic acids is 1. The molecule has 0 saturated carbocycles. The van der Waals surface area contributed by atoms with E-state index in [0.717, 1.165) is 50.5 Å². The molecule has 1 aromatic carbocycles. The van der Waals surface area contributed by atoms with Gasteiger partial charge in [0, 0.05) is 36.7 Å². The molecule has 2 saturated heterocycles. The molecule has 2 atom stereocenters. The van der Waals surface area contributed by atoms with E-state index in [-0.39, 0.29) is 6.10 Å². The molecular weight excluding hydrogens is 481 g/mol. The Bertz CT molecular complexity index is 989. The number of benzene rings is 1. The van der Waals surface area contributed by atoms with Crippen LogP contribution in [0.2, 0.25) is 5.02 Å². The van der Waals surface area contributed by atoms with Crippen LogP contribution >= 0.6 is 11.6 Å². The second-order valence-electron chi connectivity index (χ2n) is 8.26. The number of H-pyrrole nitrogens is 1. The van der Waals surface area contributed by atoms with Gasteiger partial charge in [-0.05, 0) is 49.0 Å². The van der Waals surface area contributed by atoms with Crippen molar-refractivity contribution in [2.75, 3.05) is 31.1 Å². The highest BCUT2D eigenvalue weighted by Crippen LogP contribution is 2.26. The number of piperidine rings is 1. The molecule has 9 nitrogen and oxygen atoms in total. The zero-order chi connectivity index (χ0) is 24.9. The predicted molar refractivity (Wildman–Crippen MR) is 117 cm³/mol. The zero-order valence-electron chi connectivity index (χ0n) is 18.4. The maximum absolute atomic E-state index is 11.2. The van der Waals surface area contributed by atoms with Crippen LogP contribution in [0.25, 0.3) is 0 Å². The summed E-state index contributed by atoms with van der Waals surface area (Å²) in [6.07, 6.45) is -1.82. The van der Waals surface area contributed by atoms with Crippen LogP contribution in [0.15, 0.2) is 33.6 Å². The van der Waals surface area contributed by atoms with Gasteiger partial charge >= 0.3 is 17.9 Å². The summed E-state index contributed by atoms with van der Waals surface area (Å²) >= 11 is 6.02. The third-order valence-electron chi connectivity index (χ3n) is 5.80. The van der Waals surface area contributed by atoms with Crippen LogP contribution in [0.1, 0.15) is 25.3 Å². The largest absolute Gasteiger partial charge is 0.490 e. The monoisotopic (exact) mass is 506 g/mol. The number of aromatic amines is 1. The number of nitrogens with zero attached hydrogens (tertiary/aromatic N) is 3. The molecule has 0 amide bonds. The topological polar surface area (TPSA) is 112 Å². The first-order valence-electron chi connectivity index (χ1n) is 10.8. The second-order valence-corrected chi connectivity index (χ2v) is 8.70. The summed E-state index contributed by atoms with van der Waals surface area (Å²) in [5.74, 6) is -2.73. The van der Waals surface area contributed by atoms with Crippen LogP contribution in [0.4, 0.5) is 19.1 Å². The first-order valence-corrected chi connectivity index (χ1v) is 11.1. The highest BCUT2D eigenvalue weighted by Gasteiger charge is 2.38. The lowest BCUT2D eigenvalue weighted by Crippen LogP contribution is -2.56. The standard InChI is InChI=1S/C19H25ClN4O3.C2HF3O2/c1-13-11-24(17(12-26-13)10-14-2-4-15(20)5-3-14)16-6-8-23(9-7-16)18-21-19(25)27-22-18;3-2(4,5)1(6)7/h2-5,13,16-17H,6-12H2,1H3,(H,21,22,25);(H,6,7)/t13-,17-;/m0./s1. The summed E-state index contributed by atoms with van der Waals surface area (Å²) in [5.41, 5.74) is 1.28. The number of hydrogen-bond acceptors (Lipinski definition) is 7. The number of alkyl halides is 3. The summed E-state index contributed by atoms with van der Waals surface area (Å²) < 4.78 is 42.3. The number of rotatable bonds is 4. The number of nitrogens with one attached hydrogen (secondary N) is 1. The van der Waals surface area contributed by atoms with E-state index in [4.69, 9.17) is 26.2 Å². The van der Waals surface area contributed by atoms with Crippen molar-refractivity contribution < 1.29 is 32.3 Å². The lowest BCUT2D eigenvalue weighted by atomic mass is 9.96. The molecule has 3 heterocycles. The minimum atomic E-state index is -5.08. The Morgan fingerprint density at radius 1 is 1.26 bits per heavy atom. The summed E-state index contributed by atoms with van der Waals surface area (Å²) in [4.78, 5) is 27.4. The average Bonchev–Trinajstić information content (AvgIpc) is 3.23. The van der Waals surface area contributed by atoms with Crippen LogP contribution in [0, 0.1) is 0 Å². The van der Waals surface area contributed by atoms with Crippen LogP contribution in [-0.4, -0.2) is 76.7 Å². The smallest absolute Gasteiger partial charge is 0.475 e. The molecule has 0 radical (unpaired) electrons. The van der Waals surface area contributed by atoms with Crippen molar-refractivity contribution >= 4 is 23.5 Å². The third-order valence-corrected chi connectivity index (χ3v) is 6.05. The Morgan fingerprint density at radius 3 is 2.41 bits per heavy atom. The van der Waals surface area contributed by atoms with E-state index in [1.54, 1.807) is 0 Å². The number of aromatic nitrogens is 2. The number of carbonyl (C=O) groups is 1. The van der Waals surface area contributed by atoms with Gasteiger partial charge in [0.05, 0.1) is 12.7 Å². The number of aliphatic carboxylic acids is 1. The van der Waals surface area contributed by atoms with E-state index in [1.165, 1.54) is 5.56 Å². The lowest BCUT2D eigenvalue weighted by molar-refractivity contribution is -0.192. The quantitative estimate of drug-likeness (QED) is 0.651. The second kappa shape index (κ2) is 11.2. The summed E-state index contributed by atoms with van der Waals surface area (Å²) in [5, 5.41) is 11.7. The van der Waals surface area contributed by atoms with Crippen molar-refractivity contribution in [2.24, 2.45) is 0 Å². The van der Waals surface area contributed by atoms with Crippen LogP contribution in [0.5, 0.6) is 0 Å². The van der Waals surface area contributed by atoms with Gasteiger partial charge in [0.25, 0.3) is 0 Å². The highest BCUT2D eigenvalue weighted by molar-refractivity contribution is 6.30. The van der Waals surface area contributed by atoms with E-state index in [0.29, 0.717) is 18.0 Å². The molecule has 0 spiro atoms. The fraction of sp³-hybridized carbons (Fsp3) is 0.571. The van der Waals surface area contributed by atoms with Crippen LogP contribution in [-0.2, 0) is 16.0 Å². The summed E-state index contributed by atoms with van der Waals surface area (Å²) in [7, 11) is 0. The average molecular weight is 507 g/mol. The Hall–Kier alpha value is -2.57. The van der Waals surface area contributed by atoms with Gasteiger partial charge in [-0.25, -0.2) is 9.59 Å². The van der Waals surface area contributed by atoms with Gasteiger partial charge in [0.1, 0.15) is 0 Å². The SMILES string of the molecule is C[C@H]1CN(C2CCN(c3noc(=O)[nH]3)CC2)[C@@H](Cc2ccc(Cl)cc2)CO1.O=C(O)C(F)(F)F. The van der Waals surface area contributed by atoms with Crippen molar-refractivity contribution in [1.82, 2.24) is 15.0 Å². The molecule has 1 aromatic heterocycles. The van der Waals surface area contributed by atoms with E-state index >= 15 is 0 Å². The fourth-order valence-electron chi connectivity index (χ4n) is 4.15. The number of halogens is 4. The number of morpholine rings is 1. The molecule has 2 N–H and O–H groups in total. The van der Waals surface area contributed by atoms with Crippen molar-refractivity contribution in [2.45, 2.75) is 50.6 Å². The number of anilines is 1. The number of ether oxygens (including phenoxy) is 1. The van der Waals surface area contributed by atoms with Crippen molar-refractivity contribution in [3.05, 3.63) is 45.4 Å². The first-order chi connectivity index (χ1) is 16.0. The van der Waals surface area contributed by atoms with Gasteiger partial charge in [-0.15, -0.1) is 0 Å². The van der Waals surface area contributed by atoms with Gasteiger partial charge < -0.3 is 14.7 Å². The molecule has 0 unspecified atom stereocenters. The minimum absolute atomic E-state index is 0.247. The van der Waals surface area contributed by atoms with Gasteiger partial charge in [0.2, 0.25) is 5.95 Å². The molecule has 4 rings (SSSR count). The molecule has 2 aliphatic rings. The summed E-state index contributed by atoms with van der Waals surface area (Å²) in [6, 6.07) is 8.97. The molecule has 2 fully saturated rings. The van der Waals surface area contributed by atoms with Gasteiger partial charge in [-0.3, -0.25) is 14.4 Å². The molecule has 2 aliphatic heterocycles. The van der Waals surface area contributed by atoms with E-state index in [1.807, 2.05) is 12.1 Å². The van der Waals surface area contributed by atoms with Crippen LogP contribution in [0.3, 0.4) is 0 Å². The van der Waals surface area contributed by atoms with Gasteiger partial charge in [-0.2, -0.15) is 13.2 Å². The maximum Gasteiger partial charge on any atom is 0.490 e. The molecule has 0 bridgehead atoms. The van der Waals surface area contributed by atoms with E-state index < -0.39 is 17.9 Å². The Morgan fingerprint density at radius 2 is 1.88 bits per heavy atom. The molecular formula is C21H26ClF3N4O5. The Balaban J connectivity index is 0.000000406. The fourth-order valence-corrected chi connectivity index (χ4v) is 4.28. The van der Waals surface area contributed by atoms with Crippen LogP contribution < -0.4 is 10.7 Å². The van der Waals surface area contributed by atoms with Crippen molar-refractivity contribution in [3.63, 3.8) is 0 Å². The number of hydrogen-bond donors (Lipinski definition) is 2. The molecule has 2 aromatic rings. The Labute approximate surface area is 198 Å². The molecule has 0 aliphatic carbocycles. The maximum atomic E-state index is 11.2. The summed E-state index contributed by atoms with van der Waals surface area (Å²) in [6.45, 7) is 5.55.